The van der Waals surface area contributed by atoms with Crippen LogP contribution in [-0.4, -0.2) is 51.9 Å². The Bertz CT molecular complexity index is 1100. The smallest absolute Gasteiger partial charge is 0.270 e. The molecular weight excluding hydrogens is 382 g/mol. The molecule has 0 radical (unpaired) electrons. The number of rotatable bonds is 4. The first-order valence-corrected chi connectivity index (χ1v) is 9.73. The molecule has 2 aromatic carbocycles. The highest BCUT2D eigenvalue weighted by molar-refractivity contribution is 6.01. The van der Waals surface area contributed by atoms with Crippen LogP contribution in [0.4, 0.5) is 5.69 Å². The van der Waals surface area contributed by atoms with Gasteiger partial charge in [0.2, 0.25) is 0 Å². The van der Waals surface area contributed by atoms with Crippen molar-refractivity contribution in [3.05, 3.63) is 76.0 Å². The van der Waals surface area contributed by atoms with Crippen LogP contribution in [0.5, 0.6) is 0 Å². The first-order valence-electron chi connectivity index (χ1n) is 9.73. The molecule has 0 aliphatic carbocycles. The number of amides is 1. The molecule has 1 aromatic heterocycles. The summed E-state index contributed by atoms with van der Waals surface area (Å²) in [5, 5.41) is 14.5. The Labute approximate surface area is 173 Å². The number of benzene rings is 2. The summed E-state index contributed by atoms with van der Waals surface area (Å²) in [6.07, 6.45) is 0. The van der Waals surface area contributed by atoms with Crippen LogP contribution in [0.2, 0.25) is 0 Å². The summed E-state index contributed by atoms with van der Waals surface area (Å²) in [6.45, 7) is 4.41. The number of aromatic nitrogens is 2. The van der Waals surface area contributed by atoms with Crippen LogP contribution in [0.1, 0.15) is 16.1 Å². The lowest BCUT2D eigenvalue weighted by Gasteiger charge is -2.28. The second-order valence-electron chi connectivity index (χ2n) is 7.07. The highest BCUT2D eigenvalue weighted by atomic mass is 16.6. The number of non-ortho nitro benzene ring substituents is 1. The molecule has 30 heavy (non-hydrogen) atoms. The Morgan fingerprint density at radius 3 is 2.43 bits per heavy atom. The molecule has 8 nitrogen and oxygen atoms in total. The van der Waals surface area contributed by atoms with E-state index in [-0.39, 0.29) is 11.6 Å². The van der Waals surface area contributed by atoms with Gasteiger partial charge in [0.1, 0.15) is 0 Å². The van der Waals surface area contributed by atoms with Gasteiger partial charge in [0.05, 0.1) is 21.9 Å². The van der Waals surface area contributed by atoms with Crippen molar-refractivity contribution in [3.8, 4) is 22.6 Å². The molecule has 152 valence electrons. The van der Waals surface area contributed by atoms with Gasteiger partial charge in [-0.3, -0.25) is 14.9 Å². The maximum atomic E-state index is 13.4. The van der Waals surface area contributed by atoms with Crippen LogP contribution in [0.3, 0.4) is 0 Å². The van der Waals surface area contributed by atoms with E-state index in [0.29, 0.717) is 41.4 Å². The van der Waals surface area contributed by atoms with Crippen molar-refractivity contribution in [1.29, 1.82) is 0 Å². The summed E-state index contributed by atoms with van der Waals surface area (Å²) in [5.41, 5.74) is 2.63. The number of nitro benzene ring substituents is 1. The predicted molar refractivity (Wildman–Crippen MR) is 113 cm³/mol. The standard InChI is InChI=1S/C22H21N5O3/c1-15-19(22(28)26-12-10-23-11-13-26)20(17-8-5-9-18(14-17)27(29)30)25-21(24-15)16-6-3-2-4-7-16/h2-9,14,23H,10-13H2,1H3. The molecule has 1 N–H and O–H groups in total. The fourth-order valence-electron chi connectivity index (χ4n) is 3.55. The zero-order chi connectivity index (χ0) is 21.1. The van der Waals surface area contributed by atoms with Crippen molar-refractivity contribution < 1.29 is 9.72 Å². The summed E-state index contributed by atoms with van der Waals surface area (Å²) in [4.78, 5) is 35.3. The number of hydrogen-bond acceptors (Lipinski definition) is 6. The van der Waals surface area contributed by atoms with Gasteiger partial charge < -0.3 is 10.2 Å². The van der Waals surface area contributed by atoms with Gasteiger partial charge in [0, 0.05) is 49.4 Å². The summed E-state index contributed by atoms with van der Waals surface area (Å²) in [7, 11) is 0. The Kier molecular flexibility index (Phi) is 5.49. The summed E-state index contributed by atoms with van der Waals surface area (Å²) in [6, 6.07) is 15.7. The fourth-order valence-corrected chi connectivity index (χ4v) is 3.55. The number of aryl methyl sites for hydroxylation is 1. The van der Waals surface area contributed by atoms with Gasteiger partial charge in [-0.15, -0.1) is 0 Å². The minimum absolute atomic E-state index is 0.0504. The van der Waals surface area contributed by atoms with E-state index in [2.05, 4.69) is 10.3 Å². The summed E-state index contributed by atoms with van der Waals surface area (Å²) >= 11 is 0. The van der Waals surface area contributed by atoms with Gasteiger partial charge in [0.15, 0.2) is 5.82 Å². The first-order chi connectivity index (χ1) is 14.5. The lowest BCUT2D eigenvalue weighted by atomic mass is 10.0. The van der Waals surface area contributed by atoms with E-state index in [1.54, 1.807) is 24.0 Å². The van der Waals surface area contributed by atoms with E-state index in [1.165, 1.54) is 12.1 Å². The van der Waals surface area contributed by atoms with Crippen LogP contribution in [0.25, 0.3) is 22.6 Å². The summed E-state index contributed by atoms with van der Waals surface area (Å²) in [5.74, 6) is 0.321. The van der Waals surface area contributed by atoms with Gasteiger partial charge in [0.25, 0.3) is 11.6 Å². The van der Waals surface area contributed by atoms with E-state index < -0.39 is 4.92 Å². The number of nitrogens with one attached hydrogen (secondary N) is 1. The second kappa shape index (κ2) is 8.38. The van der Waals surface area contributed by atoms with E-state index in [4.69, 9.17) is 4.98 Å². The van der Waals surface area contributed by atoms with Crippen molar-refractivity contribution in [2.24, 2.45) is 0 Å². The van der Waals surface area contributed by atoms with Gasteiger partial charge in [-0.05, 0) is 6.92 Å². The summed E-state index contributed by atoms with van der Waals surface area (Å²) < 4.78 is 0. The first kappa shape index (κ1) is 19.7. The number of carbonyl (C=O) groups excluding carboxylic acids is 1. The third-order valence-electron chi connectivity index (χ3n) is 5.07. The van der Waals surface area contributed by atoms with E-state index in [1.807, 2.05) is 30.3 Å². The third kappa shape index (κ3) is 3.90. The van der Waals surface area contributed by atoms with Gasteiger partial charge in [-0.25, -0.2) is 9.97 Å². The van der Waals surface area contributed by atoms with Crippen LogP contribution in [-0.2, 0) is 0 Å². The molecule has 8 heteroatoms. The number of hydrogen-bond donors (Lipinski definition) is 1. The molecular formula is C22H21N5O3. The van der Waals surface area contributed by atoms with E-state index in [0.717, 1.165) is 18.7 Å². The Morgan fingerprint density at radius 1 is 1.03 bits per heavy atom. The molecule has 1 saturated heterocycles. The minimum atomic E-state index is -0.451. The molecule has 1 aliphatic rings. The zero-order valence-corrected chi connectivity index (χ0v) is 16.5. The largest absolute Gasteiger partial charge is 0.336 e. The molecule has 0 unspecified atom stereocenters. The SMILES string of the molecule is Cc1nc(-c2ccccc2)nc(-c2cccc([N+](=O)[O-])c2)c1C(=O)N1CCNCC1. The van der Waals surface area contributed by atoms with E-state index in [9.17, 15) is 14.9 Å². The van der Waals surface area contributed by atoms with Gasteiger partial charge >= 0.3 is 0 Å². The van der Waals surface area contributed by atoms with Crippen LogP contribution >= 0.6 is 0 Å². The van der Waals surface area contributed by atoms with Crippen molar-refractivity contribution in [2.75, 3.05) is 26.2 Å². The van der Waals surface area contributed by atoms with E-state index >= 15 is 0 Å². The lowest BCUT2D eigenvalue weighted by Crippen LogP contribution is -2.46. The molecule has 1 amide bonds. The predicted octanol–water partition coefficient (Wildman–Crippen LogP) is 3.07. The number of piperazine rings is 1. The molecule has 1 fully saturated rings. The topological polar surface area (TPSA) is 101 Å². The fraction of sp³-hybridized carbons (Fsp3) is 0.227. The molecule has 0 bridgehead atoms. The average Bonchev–Trinajstić information content (AvgIpc) is 2.79. The number of nitro groups is 1. The maximum Gasteiger partial charge on any atom is 0.270 e. The van der Waals surface area contributed by atoms with Crippen LogP contribution < -0.4 is 5.32 Å². The van der Waals surface area contributed by atoms with Crippen molar-refractivity contribution in [1.82, 2.24) is 20.2 Å². The quantitative estimate of drug-likeness (QED) is 0.531. The zero-order valence-electron chi connectivity index (χ0n) is 16.5. The highest BCUT2D eigenvalue weighted by Gasteiger charge is 2.26. The second-order valence-corrected chi connectivity index (χ2v) is 7.07. The highest BCUT2D eigenvalue weighted by Crippen LogP contribution is 2.30. The Hall–Kier alpha value is -3.65. The lowest BCUT2D eigenvalue weighted by molar-refractivity contribution is -0.384. The normalized spacial score (nSPS) is 13.8. The van der Waals surface area contributed by atoms with Gasteiger partial charge in [-0.1, -0.05) is 42.5 Å². The molecule has 0 atom stereocenters. The molecule has 0 spiro atoms. The molecule has 2 heterocycles. The minimum Gasteiger partial charge on any atom is -0.336 e. The van der Waals surface area contributed by atoms with Crippen LogP contribution in [0, 0.1) is 17.0 Å². The van der Waals surface area contributed by atoms with Crippen LogP contribution in [0.15, 0.2) is 54.6 Å². The average molecular weight is 403 g/mol. The van der Waals surface area contributed by atoms with Crippen molar-refractivity contribution >= 4 is 11.6 Å². The Morgan fingerprint density at radius 2 is 1.73 bits per heavy atom. The number of carbonyl (C=O) groups is 1. The molecule has 0 saturated carbocycles. The number of nitrogens with zero attached hydrogens (tertiary/aromatic N) is 4. The van der Waals surface area contributed by atoms with Crippen molar-refractivity contribution in [3.63, 3.8) is 0 Å². The maximum absolute atomic E-state index is 13.4. The Balaban J connectivity index is 1.89. The monoisotopic (exact) mass is 403 g/mol. The molecule has 4 rings (SSSR count). The van der Waals surface area contributed by atoms with Gasteiger partial charge in [-0.2, -0.15) is 0 Å². The van der Waals surface area contributed by atoms with Crippen molar-refractivity contribution in [2.45, 2.75) is 6.92 Å². The third-order valence-corrected chi connectivity index (χ3v) is 5.07. The molecule has 1 aliphatic heterocycles. The molecule has 3 aromatic rings.